The highest BCUT2D eigenvalue weighted by Crippen LogP contribution is 2.63. The first-order chi connectivity index (χ1) is 46.7. The summed E-state index contributed by atoms with van der Waals surface area (Å²) in [5.74, 6) is 0. The average molecular weight is 1320 g/mol. The number of fused-ring (bicyclic) bond motifs is 11. The minimum atomic E-state index is -2.91. The van der Waals surface area contributed by atoms with Crippen LogP contribution < -0.4 is 51.8 Å². The molecule has 3 nitrogen and oxygen atoms in total. The summed E-state index contributed by atoms with van der Waals surface area (Å²) in [5.41, 5.74) is 28.3. The van der Waals surface area contributed by atoms with Crippen molar-refractivity contribution < 1.29 is 0 Å². The van der Waals surface area contributed by atoms with Crippen molar-refractivity contribution in [2.75, 3.05) is 14.7 Å². The molecule has 5 heteroatoms. The first-order valence-electron chi connectivity index (χ1n) is 38.3. The van der Waals surface area contributed by atoms with Gasteiger partial charge in [-0.3, -0.25) is 0 Å². The summed E-state index contributed by atoms with van der Waals surface area (Å²) in [4.78, 5) is 8.64. The van der Waals surface area contributed by atoms with Crippen molar-refractivity contribution in [2.24, 2.45) is 0 Å². The lowest BCUT2D eigenvalue weighted by Gasteiger charge is -2.52. The van der Waals surface area contributed by atoms with Crippen LogP contribution in [0.25, 0.3) is 0 Å². The van der Waals surface area contributed by atoms with E-state index in [1.807, 2.05) is 0 Å². The minimum absolute atomic E-state index is 0.00472. The first-order valence-corrected chi connectivity index (χ1v) is 40.3. The number of hydrogen-bond donors (Lipinski definition) is 0. The Morgan fingerprint density at radius 3 is 1.02 bits per heavy atom. The Balaban J connectivity index is 1.01. The molecule has 0 amide bonds. The standard InChI is InChI=1S/C94H108BN3Si/c1-85(2)44-46-87(5,6)70-52-61(36-39-68(70)85)96-80-59-74-72(89(9,10)48-50-91(74,13)14)57-77(80)95-78-58-73-75(92(15,16)51-49-90(73,11)12)60-81(78)97(62-37-40-69-71(53-62)88(7,8)47-45-86(69,3)4)83-55-63(54-82(96)84(83)95)98-79-41-38-67(56-76(79)93(17)42-28-29-43-94(93,98)18)99(64-30-22-19-23-31-64,65-32-24-20-25-33-65)66-34-26-21-27-35-66/h19-27,30-41,52-60H,28-29,42-51H2,1-18H3. The van der Waals surface area contributed by atoms with Crippen molar-refractivity contribution in [1.29, 1.82) is 0 Å². The monoisotopic (exact) mass is 1320 g/mol. The lowest BCUT2D eigenvalue weighted by Crippen LogP contribution is -2.74. The Labute approximate surface area is 596 Å². The first kappa shape index (κ1) is 65.0. The van der Waals surface area contributed by atoms with Crippen molar-refractivity contribution in [3.63, 3.8) is 0 Å². The molecule has 0 saturated heterocycles. The largest absolute Gasteiger partial charge is 0.334 e. The Bertz CT molecular complexity index is 4520. The van der Waals surface area contributed by atoms with Crippen molar-refractivity contribution in [2.45, 2.75) is 256 Å². The highest BCUT2D eigenvalue weighted by molar-refractivity contribution is 7.20. The summed E-state index contributed by atoms with van der Waals surface area (Å²) in [6.45, 7) is 45.8. The van der Waals surface area contributed by atoms with Crippen molar-refractivity contribution in [3.05, 3.63) is 232 Å². The maximum absolute atomic E-state index is 2.95. The van der Waals surface area contributed by atoms with Gasteiger partial charge in [-0.2, -0.15) is 0 Å². The van der Waals surface area contributed by atoms with E-state index in [4.69, 9.17) is 0 Å². The van der Waals surface area contributed by atoms with Crippen LogP contribution in [0.2, 0.25) is 0 Å². The highest BCUT2D eigenvalue weighted by Gasteiger charge is 2.60. The molecule has 0 radical (unpaired) electrons. The normalized spacial score (nSPS) is 23.8. The van der Waals surface area contributed by atoms with Crippen LogP contribution in [0.4, 0.5) is 45.5 Å². The molecule has 2 unspecified atom stereocenters. The number of nitrogens with zero attached hydrogens (tertiary/aromatic N) is 3. The van der Waals surface area contributed by atoms with E-state index < -0.39 is 8.07 Å². The maximum atomic E-state index is 2.95. The fourth-order valence-corrected chi connectivity index (χ4v) is 26.4. The molecule has 99 heavy (non-hydrogen) atoms. The second-order valence-electron chi connectivity index (χ2n) is 38.2. The third-order valence-corrected chi connectivity index (χ3v) is 33.4. The molecule has 0 bridgehead atoms. The van der Waals surface area contributed by atoms with Crippen molar-refractivity contribution in [3.8, 4) is 0 Å². The third kappa shape index (κ3) is 9.24. The lowest BCUT2D eigenvalue weighted by molar-refractivity contribution is 0.195. The topological polar surface area (TPSA) is 9.72 Å². The predicted octanol–water partition coefficient (Wildman–Crippen LogP) is 20.3. The van der Waals surface area contributed by atoms with E-state index in [1.165, 1.54) is 158 Å². The maximum Gasteiger partial charge on any atom is 0.252 e. The molecule has 3 aliphatic heterocycles. The molecule has 3 heterocycles. The Morgan fingerprint density at radius 1 is 0.273 bits per heavy atom. The molecule has 8 aliphatic rings. The number of rotatable bonds is 7. The van der Waals surface area contributed by atoms with E-state index in [-0.39, 0.29) is 61.0 Å². The summed E-state index contributed by atoms with van der Waals surface area (Å²) in [6.07, 6.45) is 14.0. The quantitative estimate of drug-likeness (QED) is 0.116. The van der Waals surface area contributed by atoms with Crippen LogP contribution in [0.5, 0.6) is 0 Å². The molecule has 0 aromatic heterocycles. The summed E-state index contributed by atoms with van der Waals surface area (Å²) < 4.78 is 0. The fraction of sp³-hybridized carbons (Fsp3) is 0.426. The van der Waals surface area contributed by atoms with Crippen LogP contribution >= 0.6 is 0 Å². The van der Waals surface area contributed by atoms with Gasteiger partial charge in [0.2, 0.25) is 0 Å². The van der Waals surface area contributed by atoms with Gasteiger partial charge in [0.1, 0.15) is 0 Å². The Kier molecular flexibility index (Phi) is 14.0. The molecule has 0 spiro atoms. The second-order valence-corrected chi connectivity index (χ2v) is 42.0. The minimum Gasteiger partial charge on any atom is -0.334 e. The van der Waals surface area contributed by atoms with Crippen LogP contribution in [0.15, 0.2) is 182 Å². The Hall–Kier alpha value is -7.34. The number of anilines is 8. The zero-order chi connectivity index (χ0) is 69.4. The molecule has 0 N–H and O–H groups in total. The van der Waals surface area contributed by atoms with Crippen LogP contribution in [-0.2, 0) is 48.7 Å². The van der Waals surface area contributed by atoms with E-state index in [9.17, 15) is 0 Å². The molecule has 9 aromatic carbocycles. The number of benzene rings is 9. The molecule has 1 fully saturated rings. The van der Waals surface area contributed by atoms with E-state index in [2.05, 4.69) is 321 Å². The van der Waals surface area contributed by atoms with Gasteiger partial charge in [-0.15, -0.1) is 0 Å². The van der Waals surface area contributed by atoms with Crippen LogP contribution in [0.3, 0.4) is 0 Å². The van der Waals surface area contributed by atoms with Crippen molar-refractivity contribution in [1.82, 2.24) is 0 Å². The summed E-state index contributed by atoms with van der Waals surface area (Å²) >= 11 is 0. The average Bonchev–Trinajstić information content (AvgIpc) is 1.62. The van der Waals surface area contributed by atoms with E-state index in [0.29, 0.717) is 0 Å². The molecule has 17 rings (SSSR count). The van der Waals surface area contributed by atoms with Gasteiger partial charge in [-0.25, -0.2) is 0 Å². The molecule has 2 atom stereocenters. The summed E-state index contributed by atoms with van der Waals surface area (Å²) in [5, 5.41) is 5.71. The highest BCUT2D eigenvalue weighted by atomic mass is 28.3. The number of hydrogen-bond acceptors (Lipinski definition) is 3. The SMILES string of the molecule is CC1(C)CCC(C)(C)c2cc(N3c4cc5c(cc4B4c6cc7c(cc6N(c6ccc8c(c6)C(C)(C)CCC8(C)C)c6cc(N8c9ccc([Si](c%10ccccc%10)(c%10ccccc%10)c%10ccccc%10)cc9C9(C)CCCCC89C)cc3c64)C(C)(C)CCC7(C)C)C(C)(C)CCC5(C)C)ccc21. The lowest BCUT2D eigenvalue weighted by atomic mass is 9.32. The van der Waals surface area contributed by atoms with Gasteiger partial charge in [-0.1, -0.05) is 258 Å². The fourth-order valence-electron chi connectivity index (χ4n) is 21.7. The van der Waals surface area contributed by atoms with E-state index in [1.54, 1.807) is 0 Å². The molecule has 1 saturated carbocycles. The van der Waals surface area contributed by atoms with Gasteiger partial charge in [0.15, 0.2) is 8.07 Å². The van der Waals surface area contributed by atoms with E-state index in [0.717, 1.165) is 51.4 Å². The zero-order valence-electron chi connectivity index (χ0n) is 63.2. The van der Waals surface area contributed by atoms with Crippen LogP contribution in [-0.4, -0.2) is 20.3 Å². The summed E-state index contributed by atoms with van der Waals surface area (Å²) in [7, 11) is -2.91. The van der Waals surface area contributed by atoms with Gasteiger partial charge in [0.05, 0.1) is 5.54 Å². The Morgan fingerprint density at radius 2 is 0.626 bits per heavy atom. The van der Waals surface area contributed by atoms with Gasteiger partial charge in [-0.05, 0) is 256 Å². The van der Waals surface area contributed by atoms with Gasteiger partial charge >= 0.3 is 0 Å². The molecule has 9 aromatic rings. The second kappa shape index (κ2) is 21.4. The molecular formula is C94H108BN3Si. The van der Waals surface area contributed by atoms with Crippen LogP contribution in [0, 0.1) is 0 Å². The molecule has 506 valence electrons. The molecule has 5 aliphatic carbocycles. The van der Waals surface area contributed by atoms with E-state index >= 15 is 0 Å². The van der Waals surface area contributed by atoms with Crippen molar-refractivity contribution >= 4 is 97.4 Å². The smallest absolute Gasteiger partial charge is 0.252 e. The molecular weight excluding hydrogens is 1210 g/mol. The predicted molar refractivity (Wildman–Crippen MR) is 428 cm³/mol. The third-order valence-electron chi connectivity index (χ3n) is 28.6. The van der Waals surface area contributed by atoms with Gasteiger partial charge < -0.3 is 14.7 Å². The van der Waals surface area contributed by atoms with Gasteiger partial charge in [0.25, 0.3) is 6.71 Å². The summed E-state index contributed by atoms with van der Waals surface area (Å²) in [6, 6.07) is 75.1. The van der Waals surface area contributed by atoms with Crippen LogP contribution in [0.1, 0.15) is 252 Å². The zero-order valence-corrected chi connectivity index (χ0v) is 64.2. The van der Waals surface area contributed by atoms with Gasteiger partial charge in [0, 0.05) is 50.9 Å².